The Bertz CT molecular complexity index is 840. The van der Waals surface area contributed by atoms with E-state index >= 15 is 0 Å². The number of aryl methyl sites for hydroxylation is 1. The SMILES string of the molecule is CCC(C(=O)NCC(C)C)N(Cc1ccccc1)C(=O)COc1ccc(Br)c(C)c1. The molecule has 6 heteroatoms. The highest BCUT2D eigenvalue weighted by atomic mass is 79.9. The van der Waals surface area contributed by atoms with Crippen LogP contribution in [0, 0.1) is 12.8 Å². The summed E-state index contributed by atoms with van der Waals surface area (Å²) in [5.74, 6) is 0.621. The fourth-order valence-corrected chi connectivity index (χ4v) is 3.30. The van der Waals surface area contributed by atoms with Gasteiger partial charge in [-0.1, -0.05) is 67.0 Å². The number of hydrogen-bond donors (Lipinski definition) is 1. The summed E-state index contributed by atoms with van der Waals surface area (Å²) < 4.78 is 6.74. The summed E-state index contributed by atoms with van der Waals surface area (Å²) in [6, 6.07) is 14.7. The number of hydrogen-bond acceptors (Lipinski definition) is 3. The highest BCUT2D eigenvalue weighted by Gasteiger charge is 2.29. The summed E-state index contributed by atoms with van der Waals surface area (Å²) in [5, 5.41) is 2.96. The smallest absolute Gasteiger partial charge is 0.261 e. The van der Waals surface area contributed by atoms with Crippen LogP contribution in [0.25, 0.3) is 0 Å². The predicted molar refractivity (Wildman–Crippen MR) is 123 cm³/mol. The normalized spacial score (nSPS) is 11.8. The van der Waals surface area contributed by atoms with Crippen molar-refractivity contribution in [1.29, 1.82) is 0 Å². The van der Waals surface area contributed by atoms with E-state index in [0.717, 1.165) is 15.6 Å². The van der Waals surface area contributed by atoms with Gasteiger partial charge < -0.3 is 15.0 Å². The molecular weight excluding hydrogens is 444 g/mol. The van der Waals surface area contributed by atoms with Crippen molar-refractivity contribution in [1.82, 2.24) is 10.2 Å². The molecule has 0 aromatic heterocycles. The van der Waals surface area contributed by atoms with Gasteiger partial charge in [0.2, 0.25) is 5.91 Å². The topological polar surface area (TPSA) is 58.6 Å². The molecule has 0 aliphatic heterocycles. The van der Waals surface area contributed by atoms with E-state index in [4.69, 9.17) is 4.74 Å². The second kappa shape index (κ2) is 11.7. The number of rotatable bonds is 10. The lowest BCUT2D eigenvalue weighted by atomic mass is 10.1. The van der Waals surface area contributed by atoms with Gasteiger partial charge in [-0.15, -0.1) is 0 Å². The van der Waals surface area contributed by atoms with Gasteiger partial charge in [-0.05, 0) is 48.6 Å². The molecule has 2 amide bonds. The number of benzene rings is 2. The van der Waals surface area contributed by atoms with E-state index in [0.29, 0.717) is 31.2 Å². The van der Waals surface area contributed by atoms with Gasteiger partial charge >= 0.3 is 0 Å². The molecule has 0 aliphatic carbocycles. The van der Waals surface area contributed by atoms with Gasteiger partial charge in [0.1, 0.15) is 11.8 Å². The Morgan fingerprint density at radius 3 is 2.43 bits per heavy atom. The number of nitrogens with one attached hydrogen (secondary N) is 1. The molecule has 0 aliphatic rings. The maximum absolute atomic E-state index is 13.1. The number of ether oxygens (including phenoxy) is 1. The van der Waals surface area contributed by atoms with Gasteiger partial charge in [0, 0.05) is 17.6 Å². The third-order valence-corrected chi connectivity index (χ3v) is 5.65. The average molecular weight is 475 g/mol. The molecule has 162 valence electrons. The van der Waals surface area contributed by atoms with E-state index in [2.05, 4.69) is 21.2 Å². The predicted octanol–water partition coefficient (Wildman–Crippen LogP) is 4.72. The lowest BCUT2D eigenvalue weighted by Crippen LogP contribution is -2.50. The van der Waals surface area contributed by atoms with Crippen molar-refractivity contribution in [2.75, 3.05) is 13.2 Å². The zero-order valence-electron chi connectivity index (χ0n) is 18.2. The number of carbonyl (C=O) groups excluding carboxylic acids is 2. The minimum atomic E-state index is -0.549. The quantitative estimate of drug-likeness (QED) is 0.541. The van der Waals surface area contributed by atoms with Crippen LogP contribution in [0.5, 0.6) is 5.75 Å². The molecule has 0 saturated heterocycles. The molecular formula is C24H31BrN2O3. The highest BCUT2D eigenvalue weighted by Crippen LogP contribution is 2.22. The Hall–Kier alpha value is -2.34. The molecule has 5 nitrogen and oxygen atoms in total. The summed E-state index contributed by atoms with van der Waals surface area (Å²) in [4.78, 5) is 27.6. The molecule has 30 heavy (non-hydrogen) atoms. The van der Waals surface area contributed by atoms with Gasteiger partial charge in [0.25, 0.3) is 5.91 Å². The van der Waals surface area contributed by atoms with Crippen LogP contribution in [0.2, 0.25) is 0 Å². The Kier molecular flexibility index (Phi) is 9.37. The second-order valence-electron chi connectivity index (χ2n) is 7.77. The first-order chi connectivity index (χ1) is 14.3. The van der Waals surface area contributed by atoms with Crippen LogP contribution in [0.15, 0.2) is 53.0 Å². The number of carbonyl (C=O) groups is 2. The first kappa shape index (κ1) is 23.9. The maximum atomic E-state index is 13.1. The molecule has 2 rings (SSSR count). The van der Waals surface area contributed by atoms with E-state index in [1.807, 2.05) is 76.2 Å². The number of nitrogens with zero attached hydrogens (tertiary/aromatic N) is 1. The zero-order valence-corrected chi connectivity index (χ0v) is 19.7. The lowest BCUT2D eigenvalue weighted by molar-refractivity contribution is -0.143. The summed E-state index contributed by atoms with van der Waals surface area (Å²) >= 11 is 3.46. The van der Waals surface area contributed by atoms with E-state index in [1.54, 1.807) is 4.90 Å². The number of amides is 2. The molecule has 0 spiro atoms. The largest absolute Gasteiger partial charge is 0.484 e. The first-order valence-electron chi connectivity index (χ1n) is 10.3. The van der Waals surface area contributed by atoms with Crippen molar-refractivity contribution < 1.29 is 14.3 Å². The second-order valence-corrected chi connectivity index (χ2v) is 8.62. The molecule has 0 fully saturated rings. The van der Waals surface area contributed by atoms with Crippen molar-refractivity contribution >= 4 is 27.7 Å². The fraction of sp³-hybridized carbons (Fsp3) is 0.417. The third-order valence-electron chi connectivity index (χ3n) is 4.76. The van der Waals surface area contributed by atoms with Gasteiger partial charge in [-0.25, -0.2) is 0 Å². The highest BCUT2D eigenvalue weighted by molar-refractivity contribution is 9.10. The molecule has 2 aromatic carbocycles. The Morgan fingerprint density at radius 1 is 1.13 bits per heavy atom. The van der Waals surface area contributed by atoms with Crippen molar-refractivity contribution in [3.05, 3.63) is 64.1 Å². The molecule has 0 radical (unpaired) electrons. The zero-order chi connectivity index (χ0) is 22.1. The standard InChI is InChI=1S/C24H31BrN2O3/c1-5-22(24(29)26-14-17(2)3)27(15-19-9-7-6-8-10-19)23(28)16-30-20-11-12-21(25)18(4)13-20/h6-13,17,22H,5,14-16H2,1-4H3,(H,26,29). The minimum absolute atomic E-state index is 0.123. The van der Waals surface area contributed by atoms with Crippen molar-refractivity contribution in [2.24, 2.45) is 5.92 Å². The lowest BCUT2D eigenvalue weighted by Gasteiger charge is -2.30. The van der Waals surface area contributed by atoms with Crippen molar-refractivity contribution in [2.45, 2.75) is 46.7 Å². The van der Waals surface area contributed by atoms with Gasteiger partial charge in [-0.2, -0.15) is 0 Å². The summed E-state index contributed by atoms with van der Waals surface area (Å²) in [7, 11) is 0. The van der Waals surface area contributed by atoms with Crippen LogP contribution in [0.4, 0.5) is 0 Å². The van der Waals surface area contributed by atoms with E-state index in [-0.39, 0.29) is 18.4 Å². The molecule has 2 aromatic rings. The summed E-state index contributed by atoms with van der Waals surface area (Å²) in [6.45, 7) is 8.79. The maximum Gasteiger partial charge on any atom is 0.261 e. The number of halogens is 1. The minimum Gasteiger partial charge on any atom is -0.484 e. The van der Waals surface area contributed by atoms with E-state index in [9.17, 15) is 9.59 Å². The van der Waals surface area contributed by atoms with Crippen LogP contribution in [0.3, 0.4) is 0 Å². The van der Waals surface area contributed by atoms with Gasteiger partial charge in [0.15, 0.2) is 6.61 Å². The van der Waals surface area contributed by atoms with Crippen LogP contribution in [-0.2, 0) is 16.1 Å². The van der Waals surface area contributed by atoms with E-state index < -0.39 is 6.04 Å². The first-order valence-corrected chi connectivity index (χ1v) is 11.1. The van der Waals surface area contributed by atoms with Gasteiger partial charge in [-0.3, -0.25) is 9.59 Å². The molecule has 0 saturated carbocycles. The van der Waals surface area contributed by atoms with Crippen LogP contribution in [-0.4, -0.2) is 35.9 Å². The molecule has 1 atom stereocenters. The van der Waals surface area contributed by atoms with Crippen LogP contribution in [0.1, 0.15) is 38.3 Å². The van der Waals surface area contributed by atoms with Crippen molar-refractivity contribution in [3.8, 4) is 5.75 Å². The Balaban J connectivity index is 2.16. The molecule has 0 heterocycles. The molecule has 1 unspecified atom stereocenters. The third kappa shape index (κ3) is 7.17. The van der Waals surface area contributed by atoms with E-state index in [1.165, 1.54) is 0 Å². The Morgan fingerprint density at radius 2 is 1.83 bits per heavy atom. The monoisotopic (exact) mass is 474 g/mol. The molecule has 0 bridgehead atoms. The van der Waals surface area contributed by atoms with Crippen LogP contribution < -0.4 is 10.1 Å². The fourth-order valence-electron chi connectivity index (χ4n) is 3.06. The van der Waals surface area contributed by atoms with Crippen molar-refractivity contribution in [3.63, 3.8) is 0 Å². The Labute approximate surface area is 187 Å². The van der Waals surface area contributed by atoms with Crippen LogP contribution >= 0.6 is 15.9 Å². The summed E-state index contributed by atoms with van der Waals surface area (Å²) in [6.07, 6.45) is 0.528. The van der Waals surface area contributed by atoms with Gasteiger partial charge in [0.05, 0.1) is 0 Å². The summed E-state index contributed by atoms with van der Waals surface area (Å²) in [5.41, 5.74) is 2.00. The average Bonchev–Trinajstić information content (AvgIpc) is 2.73. The molecule has 1 N–H and O–H groups in total.